The minimum atomic E-state index is 0.0225. The average molecular weight is 221 g/mol. The van der Waals surface area contributed by atoms with Gasteiger partial charge in [0.25, 0.3) is 0 Å². The summed E-state index contributed by atoms with van der Waals surface area (Å²) in [5.41, 5.74) is 7.54. The molecule has 1 fully saturated rings. The van der Waals surface area contributed by atoms with E-state index in [9.17, 15) is 0 Å². The van der Waals surface area contributed by atoms with E-state index in [-0.39, 0.29) is 5.54 Å². The van der Waals surface area contributed by atoms with Gasteiger partial charge in [-0.25, -0.2) is 0 Å². The summed E-state index contributed by atoms with van der Waals surface area (Å²) in [6.07, 6.45) is 9.02. The number of hydrogen-bond donors (Lipinski definition) is 1. The van der Waals surface area contributed by atoms with Crippen molar-refractivity contribution < 1.29 is 0 Å². The summed E-state index contributed by atoms with van der Waals surface area (Å²) in [4.78, 5) is 0. The van der Waals surface area contributed by atoms with E-state index in [2.05, 4.69) is 35.9 Å². The van der Waals surface area contributed by atoms with Crippen molar-refractivity contribution in [1.29, 1.82) is 0 Å². The highest BCUT2D eigenvalue weighted by molar-refractivity contribution is 5.07. The van der Waals surface area contributed by atoms with Crippen molar-refractivity contribution in [1.82, 2.24) is 9.78 Å². The summed E-state index contributed by atoms with van der Waals surface area (Å²) in [6, 6.07) is 2.62. The van der Waals surface area contributed by atoms with Gasteiger partial charge in [-0.1, -0.05) is 19.8 Å². The van der Waals surface area contributed by atoms with Crippen LogP contribution < -0.4 is 5.73 Å². The molecule has 0 spiro atoms. The van der Waals surface area contributed by atoms with Crippen LogP contribution in [-0.2, 0) is 6.42 Å². The van der Waals surface area contributed by atoms with Crippen molar-refractivity contribution in [3.63, 3.8) is 0 Å². The number of nitrogens with two attached hydrogens (primary N) is 1. The van der Waals surface area contributed by atoms with E-state index >= 15 is 0 Å². The highest BCUT2D eigenvalue weighted by Gasteiger charge is 2.30. The minimum Gasteiger partial charge on any atom is -0.325 e. The van der Waals surface area contributed by atoms with Crippen LogP contribution in [0.25, 0.3) is 0 Å². The molecule has 1 aromatic heterocycles. The molecular weight excluding hydrogens is 198 g/mol. The Labute approximate surface area is 98.0 Å². The van der Waals surface area contributed by atoms with Gasteiger partial charge in [-0.15, -0.1) is 0 Å². The second kappa shape index (κ2) is 4.58. The van der Waals surface area contributed by atoms with Crippen molar-refractivity contribution in [3.05, 3.63) is 18.0 Å². The fourth-order valence-electron chi connectivity index (χ4n) is 2.52. The SMILES string of the molecule is CCC(C)n1ccc(CC2(N)CCCC2)n1. The first kappa shape index (κ1) is 11.6. The Bertz CT molecular complexity index is 337. The maximum absolute atomic E-state index is 6.36. The van der Waals surface area contributed by atoms with Crippen LogP contribution in [0.2, 0.25) is 0 Å². The molecule has 1 aliphatic carbocycles. The first-order valence-corrected chi connectivity index (χ1v) is 6.46. The predicted molar refractivity (Wildman–Crippen MR) is 66.3 cm³/mol. The summed E-state index contributed by atoms with van der Waals surface area (Å²) >= 11 is 0. The molecule has 3 nitrogen and oxygen atoms in total. The lowest BCUT2D eigenvalue weighted by atomic mass is 9.93. The molecule has 0 aliphatic heterocycles. The van der Waals surface area contributed by atoms with E-state index in [0.29, 0.717) is 6.04 Å². The normalized spacial score (nSPS) is 21.2. The summed E-state index contributed by atoms with van der Waals surface area (Å²) in [7, 11) is 0. The molecule has 0 radical (unpaired) electrons. The predicted octanol–water partition coefficient (Wildman–Crippen LogP) is 2.67. The molecule has 0 amide bonds. The van der Waals surface area contributed by atoms with Gasteiger partial charge in [0.15, 0.2) is 0 Å². The summed E-state index contributed by atoms with van der Waals surface area (Å²) in [5, 5.41) is 4.63. The number of hydrogen-bond acceptors (Lipinski definition) is 2. The van der Waals surface area contributed by atoms with Crippen LogP contribution in [-0.4, -0.2) is 15.3 Å². The van der Waals surface area contributed by atoms with Gasteiger partial charge in [-0.2, -0.15) is 5.10 Å². The molecule has 2 rings (SSSR count). The lowest BCUT2D eigenvalue weighted by Crippen LogP contribution is -2.38. The highest BCUT2D eigenvalue weighted by atomic mass is 15.3. The number of nitrogens with zero attached hydrogens (tertiary/aromatic N) is 2. The van der Waals surface area contributed by atoms with E-state index < -0.39 is 0 Å². The fraction of sp³-hybridized carbons (Fsp3) is 0.769. The first-order valence-electron chi connectivity index (χ1n) is 6.46. The molecule has 1 saturated carbocycles. The second-order valence-electron chi connectivity index (χ2n) is 5.29. The number of aromatic nitrogens is 2. The molecule has 0 aromatic carbocycles. The fourth-order valence-corrected chi connectivity index (χ4v) is 2.52. The average Bonchev–Trinajstić information content (AvgIpc) is 2.87. The zero-order valence-electron chi connectivity index (χ0n) is 10.4. The monoisotopic (exact) mass is 221 g/mol. The first-order chi connectivity index (χ1) is 7.63. The Morgan fingerprint density at radius 1 is 1.50 bits per heavy atom. The molecular formula is C13H23N3. The summed E-state index contributed by atoms with van der Waals surface area (Å²) in [5.74, 6) is 0. The quantitative estimate of drug-likeness (QED) is 0.849. The van der Waals surface area contributed by atoms with Gasteiger partial charge in [-0.3, -0.25) is 4.68 Å². The van der Waals surface area contributed by atoms with Crippen LogP contribution in [0, 0.1) is 0 Å². The van der Waals surface area contributed by atoms with Crippen LogP contribution >= 0.6 is 0 Å². The molecule has 1 atom stereocenters. The second-order valence-corrected chi connectivity index (χ2v) is 5.29. The van der Waals surface area contributed by atoms with Crippen molar-refractivity contribution in [2.75, 3.05) is 0 Å². The number of rotatable bonds is 4. The standard InChI is InChI=1S/C13H23N3/c1-3-11(2)16-9-6-12(15-16)10-13(14)7-4-5-8-13/h6,9,11H,3-5,7-8,10,14H2,1-2H3. The van der Waals surface area contributed by atoms with Crippen LogP contribution in [0.4, 0.5) is 0 Å². The topological polar surface area (TPSA) is 43.8 Å². The van der Waals surface area contributed by atoms with Crippen LogP contribution in [0.5, 0.6) is 0 Å². The summed E-state index contributed by atoms with van der Waals surface area (Å²) < 4.78 is 2.06. The van der Waals surface area contributed by atoms with Gasteiger partial charge in [-0.05, 0) is 32.3 Å². The van der Waals surface area contributed by atoms with E-state index in [1.54, 1.807) is 0 Å². The molecule has 2 N–H and O–H groups in total. The largest absolute Gasteiger partial charge is 0.325 e. The maximum atomic E-state index is 6.36. The van der Waals surface area contributed by atoms with E-state index in [1.807, 2.05) is 0 Å². The van der Waals surface area contributed by atoms with E-state index in [0.717, 1.165) is 31.4 Å². The third kappa shape index (κ3) is 2.46. The Morgan fingerprint density at radius 3 is 2.81 bits per heavy atom. The summed E-state index contributed by atoms with van der Waals surface area (Å²) in [6.45, 7) is 4.39. The Kier molecular flexibility index (Phi) is 3.33. The Balaban J connectivity index is 2.02. The Morgan fingerprint density at radius 2 is 2.19 bits per heavy atom. The zero-order valence-corrected chi connectivity index (χ0v) is 10.4. The van der Waals surface area contributed by atoms with E-state index in [4.69, 9.17) is 5.73 Å². The molecule has 16 heavy (non-hydrogen) atoms. The van der Waals surface area contributed by atoms with Gasteiger partial charge < -0.3 is 5.73 Å². The van der Waals surface area contributed by atoms with Gasteiger partial charge in [0.05, 0.1) is 5.69 Å². The molecule has 1 aromatic rings. The van der Waals surface area contributed by atoms with Gasteiger partial charge in [0, 0.05) is 24.2 Å². The molecule has 1 heterocycles. The molecule has 3 heteroatoms. The highest BCUT2D eigenvalue weighted by Crippen LogP contribution is 2.30. The van der Waals surface area contributed by atoms with Crippen molar-refractivity contribution in [3.8, 4) is 0 Å². The lowest BCUT2D eigenvalue weighted by Gasteiger charge is -2.22. The molecule has 1 aliphatic rings. The third-order valence-corrected chi connectivity index (χ3v) is 3.84. The van der Waals surface area contributed by atoms with Crippen LogP contribution in [0.3, 0.4) is 0 Å². The van der Waals surface area contributed by atoms with Gasteiger partial charge in [0.1, 0.15) is 0 Å². The molecule has 0 saturated heterocycles. The molecule has 1 unspecified atom stereocenters. The van der Waals surface area contributed by atoms with Gasteiger partial charge >= 0.3 is 0 Å². The van der Waals surface area contributed by atoms with Gasteiger partial charge in [0.2, 0.25) is 0 Å². The third-order valence-electron chi connectivity index (χ3n) is 3.84. The van der Waals surface area contributed by atoms with Crippen LogP contribution in [0.1, 0.15) is 57.7 Å². The Hall–Kier alpha value is -0.830. The van der Waals surface area contributed by atoms with Crippen molar-refractivity contribution >= 4 is 0 Å². The lowest BCUT2D eigenvalue weighted by molar-refractivity contribution is 0.420. The van der Waals surface area contributed by atoms with Crippen molar-refractivity contribution in [2.24, 2.45) is 5.73 Å². The van der Waals surface area contributed by atoms with E-state index in [1.165, 1.54) is 12.8 Å². The molecule has 90 valence electrons. The van der Waals surface area contributed by atoms with Crippen LogP contribution in [0.15, 0.2) is 12.3 Å². The molecule has 0 bridgehead atoms. The minimum absolute atomic E-state index is 0.0225. The maximum Gasteiger partial charge on any atom is 0.0643 e. The van der Waals surface area contributed by atoms with Crippen molar-refractivity contribution in [2.45, 2.75) is 64.0 Å². The zero-order chi connectivity index (χ0) is 11.6. The smallest absolute Gasteiger partial charge is 0.0643 e.